The predicted molar refractivity (Wildman–Crippen MR) is 79.4 cm³/mol. The highest BCUT2D eigenvalue weighted by Gasteiger charge is 2.35. The van der Waals surface area contributed by atoms with Gasteiger partial charge in [0.1, 0.15) is 0 Å². The number of likely N-dealkylation sites (tertiary alicyclic amines) is 1. The van der Waals surface area contributed by atoms with E-state index in [0.717, 1.165) is 12.8 Å². The molecule has 1 amide bonds. The molecule has 1 aliphatic heterocycles. The van der Waals surface area contributed by atoms with E-state index in [4.69, 9.17) is 10.5 Å². The number of carbonyl (C=O) groups is 1. The smallest absolute Gasteiger partial charge is 0.223 e. The van der Waals surface area contributed by atoms with Gasteiger partial charge in [-0.05, 0) is 24.0 Å². The summed E-state index contributed by atoms with van der Waals surface area (Å²) < 4.78 is 5.13. The van der Waals surface area contributed by atoms with Crippen molar-refractivity contribution in [2.45, 2.75) is 38.3 Å². The lowest BCUT2D eigenvalue weighted by Crippen LogP contribution is -2.50. The quantitative estimate of drug-likeness (QED) is 0.893. The molecule has 4 nitrogen and oxygen atoms in total. The van der Waals surface area contributed by atoms with E-state index in [-0.39, 0.29) is 18.0 Å². The molecule has 1 aromatic rings. The molecule has 2 unspecified atom stereocenters. The van der Waals surface area contributed by atoms with Crippen LogP contribution in [0.25, 0.3) is 0 Å². The van der Waals surface area contributed by atoms with E-state index < -0.39 is 0 Å². The van der Waals surface area contributed by atoms with Gasteiger partial charge in [0.2, 0.25) is 5.91 Å². The van der Waals surface area contributed by atoms with E-state index in [1.807, 2.05) is 17.0 Å². The second-order valence-corrected chi connectivity index (χ2v) is 5.28. The van der Waals surface area contributed by atoms with Gasteiger partial charge in [0.05, 0.1) is 12.6 Å². The van der Waals surface area contributed by atoms with Crippen molar-refractivity contribution in [3.05, 3.63) is 35.4 Å². The highest BCUT2D eigenvalue weighted by molar-refractivity contribution is 5.78. The molecule has 20 heavy (non-hydrogen) atoms. The summed E-state index contributed by atoms with van der Waals surface area (Å²) in [6, 6.07) is 8.25. The molecule has 1 aliphatic rings. The Kier molecular flexibility index (Phi) is 5.15. The number of hydrogen-bond donors (Lipinski definition) is 1. The summed E-state index contributed by atoms with van der Waals surface area (Å²) in [5, 5.41) is 0. The standard InChI is InChI=1S/C16H24N2O2/c1-3-12-6-4-5-7-13(12)16-14(17)8-9-15(19)18(16)10-11-20-2/h4-7,14,16H,3,8-11,17H2,1-2H3. The van der Waals surface area contributed by atoms with Crippen molar-refractivity contribution < 1.29 is 9.53 Å². The molecule has 0 radical (unpaired) electrons. The zero-order valence-corrected chi connectivity index (χ0v) is 12.3. The van der Waals surface area contributed by atoms with Crippen molar-refractivity contribution in [2.24, 2.45) is 5.73 Å². The van der Waals surface area contributed by atoms with Gasteiger partial charge in [-0.2, -0.15) is 0 Å². The number of piperidine rings is 1. The lowest BCUT2D eigenvalue weighted by molar-refractivity contribution is -0.138. The van der Waals surface area contributed by atoms with Gasteiger partial charge in [0.15, 0.2) is 0 Å². The minimum atomic E-state index is -0.0254. The van der Waals surface area contributed by atoms with E-state index >= 15 is 0 Å². The molecule has 1 saturated heterocycles. The second kappa shape index (κ2) is 6.86. The van der Waals surface area contributed by atoms with E-state index in [1.54, 1.807) is 7.11 Å². The maximum absolute atomic E-state index is 12.2. The molecule has 0 aromatic heterocycles. The number of rotatable bonds is 5. The van der Waals surface area contributed by atoms with Crippen LogP contribution in [0.1, 0.15) is 36.9 Å². The predicted octanol–water partition coefficient (Wildman–Crippen LogP) is 1.89. The van der Waals surface area contributed by atoms with Gasteiger partial charge in [-0.3, -0.25) is 4.79 Å². The van der Waals surface area contributed by atoms with E-state index in [0.29, 0.717) is 19.6 Å². The van der Waals surface area contributed by atoms with Crippen molar-refractivity contribution in [1.29, 1.82) is 0 Å². The number of methoxy groups -OCH3 is 1. The first-order valence-corrected chi connectivity index (χ1v) is 7.30. The largest absolute Gasteiger partial charge is 0.383 e. The number of nitrogens with zero attached hydrogens (tertiary/aromatic N) is 1. The fourth-order valence-electron chi connectivity index (χ4n) is 2.97. The first-order chi connectivity index (χ1) is 9.69. The van der Waals surface area contributed by atoms with E-state index in [9.17, 15) is 4.79 Å². The van der Waals surface area contributed by atoms with Crippen LogP contribution in [0.15, 0.2) is 24.3 Å². The van der Waals surface area contributed by atoms with Crippen LogP contribution in [-0.2, 0) is 16.0 Å². The third-order valence-electron chi connectivity index (χ3n) is 4.04. The fraction of sp³-hybridized carbons (Fsp3) is 0.562. The molecule has 1 aromatic carbocycles. The molecule has 2 N–H and O–H groups in total. The fourth-order valence-corrected chi connectivity index (χ4v) is 2.97. The van der Waals surface area contributed by atoms with Crippen LogP contribution in [0, 0.1) is 0 Å². The maximum atomic E-state index is 12.2. The molecule has 4 heteroatoms. The average molecular weight is 276 g/mol. The number of hydrogen-bond acceptors (Lipinski definition) is 3. The van der Waals surface area contributed by atoms with E-state index in [1.165, 1.54) is 11.1 Å². The van der Waals surface area contributed by atoms with Crippen LogP contribution in [0.3, 0.4) is 0 Å². The summed E-state index contributed by atoms with van der Waals surface area (Å²) in [7, 11) is 1.66. The van der Waals surface area contributed by atoms with Crippen molar-refractivity contribution >= 4 is 5.91 Å². The van der Waals surface area contributed by atoms with Crippen LogP contribution >= 0.6 is 0 Å². The number of benzene rings is 1. The van der Waals surface area contributed by atoms with Gasteiger partial charge in [-0.1, -0.05) is 31.2 Å². The van der Waals surface area contributed by atoms with Gasteiger partial charge in [0, 0.05) is 26.1 Å². The molecule has 0 spiro atoms. The highest BCUT2D eigenvalue weighted by atomic mass is 16.5. The van der Waals surface area contributed by atoms with Crippen molar-refractivity contribution in [2.75, 3.05) is 20.3 Å². The summed E-state index contributed by atoms with van der Waals surface area (Å²) in [6.45, 7) is 3.28. The zero-order chi connectivity index (χ0) is 14.5. The van der Waals surface area contributed by atoms with Crippen LogP contribution in [0.5, 0.6) is 0 Å². The summed E-state index contributed by atoms with van der Waals surface area (Å²) in [5.74, 6) is 0.180. The molecule has 2 rings (SSSR count). The lowest BCUT2D eigenvalue weighted by Gasteiger charge is -2.40. The number of aryl methyl sites for hydroxylation is 1. The molecule has 0 aliphatic carbocycles. The molecule has 1 fully saturated rings. The summed E-state index contributed by atoms with van der Waals surface area (Å²) in [4.78, 5) is 14.1. The van der Waals surface area contributed by atoms with Gasteiger partial charge in [-0.25, -0.2) is 0 Å². The monoisotopic (exact) mass is 276 g/mol. The first kappa shape index (κ1) is 15.0. The second-order valence-electron chi connectivity index (χ2n) is 5.28. The minimum absolute atomic E-state index is 0.00254. The molecule has 0 bridgehead atoms. The minimum Gasteiger partial charge on any atom is -0.383 e. The molecule has 0 saturated carbocycles. The van der Waals surface area contributed by atoms with Gasteiger partial charge >= 0.3 is 0 Å². The first-order valence-electron chi connectivity index (χ1n) is 7.30. The van der Waals surface area contributed by atoms with Gasteiger partial charge < -0.3 is 15.4 Å². The van der Waals surface area contributed by atoms with Gasteiger partial charge in [-0.15, -0.1) is 0 Å². The third-order valence-corrected chi connectivity index (χ3v) is 4.04. The Labute approximate surface area is 120 Å². The SMILES string of the molecule is CCc1ccccc1C1C(N)CCC(=O)N1CCOC. The van der Waals surface area contributed by atoms with Crippen LogP contribution in [0.2, 0.25) is 0 Å². The Balaban J connectivity index is 2.34. The van der Waals surface area contributed by atoms with Crippen molar-refractivity contribution in [3.63, 3.8) is 0 Å². The van der Waals surface area contributed by atoms with Crippen molar-refractivity contribution in [1.82, 2.24) is 4.90 Å². The number of nitrogens with two attached hydrogens (primary N) is 1. The zero-order valence-electron chi connectivity index (χ0n) is 12.3. The Morgan fingerprint density at radius 1 is 1.40 bits per heavy atom. The summed E-state index contributed by atoms with van der Waals surface area (Å²) in [6.07, 6.45) is 2.24. The lowest BCUT2D eigenvalue weighted by atomic mass is 9.87. The topological polar surface area (TPSA) is 55.6 Å². The van der Waals surface area contributed by atoms with Crippen molar-refractivity contribution in [3.8, 4) is 0 Å². The summed E-state index contributed by atoms with van der Waals surface area (Å²) in [5.41, 5.74) is 8.78. The Hall–Kier alpha value is -1.39. The average Bonchev–Trinajstić information content (AvgIpc) is 2.48. The Morgan fingerprint density at radius 2 is 2.15 bits per heavy atom. The molecular weight excluding hydrogens is 252 g/mol. The molecule has 2 atom stereocenters. The number of ether oxygens (including phenoxy) is 1. The van der Waals surface area contributed by atoms with Crippen LogP contribution < -0.4 is 5.73 Å². The summed E-state index contributed by atoms with van der Waals surface area (Å²) >= 11 is 0. The normalized spacial score (nSPS) is 23.1. The molecular formula is C16H24N2O2. The highest BCUT2D eigenvalue weighted by Crippen LogP contribution is 2.32. The molecule has 1 heterocycles. The molecule has 110 valence electrons. The Bertz CT molecular complexity index is 462. The third kappa shape index (κ3) is 3.02. The van der Waals surface area contributed by atoms with Crippen LogP contribution in [0.4, 0.5) is 0 Å². The van der Waals surface area contributed by atoms with Gasteiger partial charge in [0.25, 0.3) is 0 Å². The van der Waals surface area contributed by atoms with Crippen LogP contribution in [-0.4, -0.2) is 37.1 Å². The van der Waals surface area contributed by atoms with E-state index in [2.05, 4.69) is 19.1 Å². The number of carbonyl (C=O) groups excluding carboxylic acids is 1. The Morgan fingerprint density at radius 3 is 2.85 bits per heavy atom. The number of amides is 1. The maximum Gasteiger partial charge on any atom is 0.223 e.